The van der Waals surface area contributed by atoms with E-state index in [-0.39, 0.29) is 24.1 Å². The van der Waals surface area contributed by atoms with Crippen LogP contribution in [-0.2, 0) is 14.3 Å². The zero-order valence-corrected chi connectivity index (χ0v) is 14.4. The highest BCUT2D eigenvalue weighted by Gasteiger charge is 2.33. The average Bonchev–Trinajstić information content (AvgIpc) is 3.05. The normalized spacial score (nSPS) is 26.9. The van der Waals surface area contributed by atoms with Crippen molar-refractivity contribution in [1.82, 2.24) is 15.5 Å². The Morgan fingerprint density at radius 2 is 2.08 bits per heavy atom. The van der Waals surface area contributed by atoms with Crippen LogP contribution >= 0.6 is 0 Å². The molecule has 0 radical (unpaired) electrons. The van der Waals surface area contributed by atoms with Gasteiger partial charge < -0.3 is 20.1 Å². The summed E-state index contributed by atoms with van der Waals surface area (Å²) < 4.78 is 10.8. The van der Waals surface area contributed by atoms with E-state index in [4.69, 9.17) is 9.47 Å². The topological polar surface area (TPSA) is 79.9 Å². The predicted octanol–water partition coefficient (Wildman–Crippen LogP) is 1.06. The maximum absolute atomic E-state index is 12.1. The molecular formula is C18H25N3O4. The van der Waals surface area contributed by atoms with Crippen LogP contribution < -0.4 is 10.6 Å². The van der Waals surface area contributed by atoms with Gasteiger partial charge in [0.05, 0.1) is 25.4 Å². The Balaban J connectivity index is 1.60. The Hall–Kier alpha value is -2.12. The van der Waals surface area contributed by atoms with Crippen molar-refractivity contribution in [2.24, 2.45) is 0 Å². The van der Waals surface area contributed by atoms with Gasteiger partial charge in [0.15, 0.2) is 0 Å². The largest absolute Gasteiger partial charge is 0.464 e. The van der Waals surface area contributed by atoms with E-state index in [9.17, 15) is 9.59 Å². The Kier molecular flexibility index (Phi) is 5.88. The molecule has 2 fully saturated rings. The van der Waals surface area contributed by atoms with Gasteiger partial charge in [-0.15, -0.1) is 0 Å². The van der Waals surface area contributed by atoms with Gasteiger partial charge in [0.1, 0.15) is 6.04 Å². The minimum absolute atomic E-state index is 0.0942. The summed E-state index contributed by atoms with van der Waals surface area (Å²) in [5, 5.41) is 5.49. The van der Waals surface area contributed by atoms with Crippen LogP contribution in [0.2, 0.25) is 0 Å². The summed E-state index contributed by atoms with van der Waals surface area (Å²) in [4.78, 5) is 25.9. The van der Waals surface area contributed by atoms with Crippen LogP contribution in [0.5, 0.6) is 0 Å². The minimum Gasteiger partial charge on any atom is -0.464 e. The highest BCUT2D eigenvalue weighted by Crippen LogP contribution is 2.28. The summed E-state index contributed by atoms with van der Waals surface area (Å²) in [6, 6.07) is 9.37. The molecule has 1 aromatic carbocycles. The molecule has 2 aliphatic rings. The highest BCUT2D eigenvalue weighted by atomic mass is 16.5. The fourth-order valence-electron chi connectivity index (χ4n) is 3.42. The van der Waals surface area contributed by atoms with E-state index in [1.165, 1.54) is 5.56 Å². The number of morpholine rings is 1. The van der Waals surface area contributed by atoms with Gasteiger partial charge in [0, 0.05) is 19.5 Å². The molecule has 3 atom stereocenters. The van der Waals surface area contributed by atoms with Gasteiger partial charge in [-0.1, -0.05) is 37.3 Å². The van der Waals surface area contributed by atoms with Gasteiger partial charge in [0.25, 0.3) is 0 Å². The highest BCUT2D eigenvalue weighted by molar-refractivity contribution is 5.84. The van der Waals surface area contributed by atoms with Gasteiger partial charge in [-0.2, -0.15) is 0 Å². The SMILES string of the molecule is CCN1CCO[C@@H](CNC(=O)N[C@H]2CCOC2=O)[C@@H]1c1ccccc1. The van der Waals surface area contributed by atoms with Crippen molar-refractivity contribution in [1.29, 1.82) is 0 Å². The van der Waals surface area contributed by atoms with E-state index in [0.717, 1.165) is 13.1 Å². The molecule has 7 nitrogen and oxygen atoms in total. The van der Waals surface area contributed by atoms with Crippen molar-refractivity contribution in [3.63, 3.8) is 0 Å². The third kappa shape index (κ3) is 4.29. The van der Waals surface area contributed by atoms with Crippen LogP contribution in [0.4, 0.5) is 4.79 Å². The number of urea groups is 1. The number of hydrogen-bond donors (Lipinski definition) is 2. The molecule has 25 heavy (non-hydrogen) atoms. The van der Waals surface area contributed by atoms with Gasteiger partial charge in [-0.05, 0) is 12.1 Å². The number of carbonyl (C=O) groups excluding carboxylic acids is 2. The number of esters is 1. The molecule has 0 unspecified atom stereocenters. The zero-order valence-electron chi connectivity index (χ0n) is 14.4. The van der Waals surface area contributed by atoms with Crippen LogP contribution in [-0.4, -0.2) is 61.9 Å². The average molecular weight is 347 g/mol. The summed E-state index contributed by atoms with van der Waals surface area (Å²) in [5.41, 5.74) is 1.18. The molecule has 0 bridgehead atoms. The third-order valence-electron chi connectivity index (χ3n) is 4.71. The van der Waals surface area contributed by atoms with Crippen molar-refractivity contribution in [3.05, 3.63) is 35.9 Å². The molecule has 0 aromatic heterocycles. The fraction of sp³-hybridized carbons (Fsp3) is 0.556. The van der Waals surface area contributed by atoms with Crippen LogP contribution in [0.15, 0.2) is 30.3 Å². The Morgan fingerprint density at radius 1 is 1.28 bits per heavy atom. The number of carbonyl (C=O) groups is 2. The Labute approximate surface area is 147 Å². The van der Waals surface area contributed by atoms with E-state index in [1.807, 2.05) is 18.2 Å². The quantitative estimate of drug-likeness (QED) is 0.779. The molecule has 2 heterocycles. The first-order valence-electron chi connectivity index (χ1n) is 8.80. The summed E-state index contributed by atoms with van der Waals surface area (Å²) >= 11 is 0. The van der Waals surface area contributed by atoms with Gasteiger partial charge in [-0.25, -0.2) is 9.59 Å². The lowest BCUT2D eigenvalue weighted by molar-refractivity contribution is -0.139. The number of nitrogens with one attached hydrogen (secondary N) is 2. The second kappa shape index (κ2) is 8.31. The predicted molar refractivity (Wildman–Crippen MR) is 92.1 cm³/mol. The van der Waals surface area contributed by atoms with Gasteiger partial charge in [-0.3, -0.25) is 4.90 Å². The molecule has 2 N–H and O–H groups in total. The van der Waals surface area contributed by atoms with Crippen LogP contribution in [0.25, 0.3) is 0 Å². The van der Waals surface area contributed by atoms with E-state index in [0.29, 0.717) is 26.2 Å². The van der Waals surface area contributed by atoms with Crippen molar-refractivity contribution in [2.45, 2.75) is 31.5 Å². The molecule has 2 aliphatic heterocycles. The number of likely N-dealkylation sites (N-methyl/N-ethyl adjacent to an activating group) is 1. The second-order valence-electron chi connectivity index (χ2n) is 6.26. The molecule has 3 rings (SSSR count). The second-order valence-corrected chi connectivity index (χ2v) is 6.26. The molecule has 0 saturated carbocycles. The van der Waals surface area contributed by atoms with Crippen molar-refractivity contribution < 1.29 is 19.1 Å². The van der Waals surface area contributed by atoms with Crippen molar-refractivity contribution in [2.75, 3.05) is 32.8 Å². The van der Waals surface area contributed by atoms with E-state index in [2.05, 4.69) is 34.6 Å². The first kappa shape index (κ1) is 17.7. The molecule has 2 saturated heterocycles. The monoisotopic (exact) mass is 347 g/mol. The molecule has 1 aromatic rings. The lowest BCUT2D eigenvalue weighted by Crippen LogP contribution is -2.52. The van der Waals surface area contributed by atoms with E-state index in [1.54, 1.807) is 0 Å². The number of rotatable bonds is 5. The lowest BCUT2D eigenvalue weighted by atomic mass is 9.98. The molecule has 136 valence electrons. The van der Waals surface area contributed by atoms with Gasteiger partial charge >= 0.3 is 12.0 Å². The van der Waals surface area contributed by atoms with Crippen molar-refractivity contribution >= 4 is 12.0 Å². The van der Waals surface area contributed by atoms with Crippen LogP contribution in [0, 0.1) is 0 Å². The maximum atomic E-state index is 12.1. The standard InChI is InChI=1S/C18H25N3O4/c1-2-21-9-11-24-15(16(21)13-6-4-3-5-7-13)12-19-18(23)20-14-8-10-25-17(14)22/h3-7,14-16H,2,8-12H2,1H3,(H2,19,20,23)/t14-,15-,16-/m0/s1. The zero-order chi connectivity index (χ0) is 17.6. The summed E-state index contributed by atoms with van der Waals surface area (Å²) in [5.74, 6) is -0.372. The van der Waals surface area contributed by atoms with Crippen molar-refractivity contribution in [3.8, 4) is 0 Å². The first-order chi connectivity index (χ1) is 12.2. The van der Waals surface area contributed by atoms with Crippen LogP contribution in [0.1, 0.15) is 24.9 Å². The summed E-state index contributed by atoms with van der Waals surface area (Å²) in [6.07, 6.45) is 0.375. The molecule has 0 spiro atoms. The molecule has 2 amide bonds. The molecule has 7 heteroatoms. The number of benzene rings is 1. The Morgan fingerprint density at radius 3 is 2.76 bits per heavy atom. The van der Waals surface area contributed by atoms with Crippen LogP contribution in [0.3, 0.4) is 0 Å². The summed E-state index contributed by atoms with van der Waals surface area (Å²) in [7, 11) is 0. The number of ether oxygens (including phenoxy) is 2. The number of hydrogen-bond acceptors (Lipinski definition) is 5. The minimum atomic E-state index is -0.552. The smallest absolute Gasteiger partial charge is 0.328 e. The van der Waals surface area contributed by atoms with E-state index < -0.39 is 6.04 Å². The molecular weight excluding hydrogens is 322 g/mol. The molecule has 0 aliphatic carbocycles. The summed E-state index contributed by atoms with van der Waals surface area (Å²) in [6.45, 7) is 5.29. The number of amides is 2. The first-order valence-corrected chi connectivity index (χ1v) is 8.80. The third-order valence-corrected chi connectivity index (χ3v) is 4.71. The lowest BCUT2D eigenvalue weighted by Gasteiger charge is -2.41. The number of cyclic esters (lactones) is 1. The maximum Gasteiger partial charge on any atom is 0.328 e. The van der Waals surface area contributed by atoms with E-state index >= 15 is 0 Å². The fourth-order valence-corrected chi connectivity index (χ4v) is 3.42. The Bertz CT molecular complexity index is 595. The number of nitrogens with zero attached hydrogens (tertiary/aromatic N) is 1. The van der Waals surface area contributed by atoms with Gasteiger partial charge in [0.2, 0.25) is 0 Å².